The first-order chi connectivity index (χ1) is 6.81. The van der Waals surface area contributed by atoms with E-state index in [0.29, 0.717) is 6.61 Å². The number of nitrogens with zero attached hydrogens (tertiary/aromatic N) is 1. The maximum Gasteiger partial charge on any atom is 0.0950 e. The largest absolute Gasteiger partial charge is 0.389 e. The van der Waals surface area contributed by atoms with E-state index in [1.54, 1.807) is 0 Å². The summed E-state index contributed by atoms with van der Waals surface area (Å²) in [6.07, 6.45) is 3.63. The maximum absolute atomic E-state index is 9.70. The third-order valence-corrected chi connectivity index (χ3v) is 3.72. The molecule has 2 fully saturated rings. The molecule has 2 aliphatic rings. The second-order valence-electron chi connectivity index (χ2n) is 4.56. The fraction of sp³-hybridized carbons (Fsp3) is 1.00. The van der Waals surface area contributed by atoms with Gasteiger partial charge in [-0.05, 0) is 31.8 Å². The van der Waals surface area contributed by atoms with Gasteiger partial charge in [-0.2, -0.15) is 0 Å². The Kier molecular flexibility index (Phi) is 3.42. The number of rotatable bonds is 2. The van der Waals surface area contributed by atoms with Gasteiger partial charge in [-0.1, -0.05) is 13.3 Å². The summed E-state index contributed by atoms with van der Waals surface area (Å²) >= 11 is 0. The lowest BCUT2D eigenvalue weighted by atomic mass is 9.93. The minimum absolute atomic E-state index is 0.256. The lowest BCUT2D eigenvalue weighted by molar-refractivity contribution is 0.0583. The zero-order valence-electron chi connectivity index (χ0n) is 8.98. The molecule has 3 heteroatoms. The molecule has 0 amide bonds. The monoisotopic (exact) mass is 199 g/mol. The molecular weight excluding hydrogens is 178 g/mol. The van der Waals surface area contributed by atoms with Crippen molar-refractivity contribution in [2.24, 2.45) is 5.92 Å². The minimum Gasteiger partial charge on any atom is -0.389 e. The third-order valence-electron chi connectivity index (χ3n) is 3.72. The Morgan fingerprint density at radius 3 is 2.50 bits per heavy atom. The van der Waals surface area contributed by atoms with Crippen molar-refractivity contribution >= 4 is 0 Å². The van der Waals surface area contributed by atoms with Gasteiger partial charge in [0, 0.05) is 0 Å². The molecule has 1 N–H and O–H groups in total. The van der Waals surface area contributed by atoms with Gasteiger partial charge < -0.3 is 9.84 Å². The fourth-order valence-corrected chi connectivity index (χ4v) is 2.57. The molecule has 0 saturated carbocycles. The molecule has 2 heterocycles. The standard InChI is InChI=1S/C11H21NO2/c1-2-9-3-5-12(6-4-9)10-7-14-8-11(10)13/h9-11,13H,2-8H2,1H3/t10-,11-/m1/s1. The van der Waals surface area contributed by atoms with E-state index in [9.17, 15) is 5.11 Å². The van der Waals surface area contributed by atoms with E-state index in [2.05, 4.69) is 11.8 Å². The normalized spacial score (nSPS) is 36.4. The Hall–Kier alpha value is -0.120. The Morgan fingerprint density at radius 2 is 2.00 bits per heavy atom. The van der Waals surface area contributed by atoms with E-state index >= 15 is 0 Å². The molecule has 0 aromatic heterocycles. The smallest absolute Gasteiger partial charge is 0.0950 e. The SMILES string of the molecule is CCC1CCN([C@@H]2COC[C@H]2O)CC1. The van der Waals surface area contributed by atoms with Crippen molar-refractivity contribution in [3.63, 3.8) is 0 Å². The van der Waals surface area contributed by atoms with Gasteiger partial charge in [0.25, 0.3) is 0 Å². The van der Waals surface area contributed by atoms with Gasteiger partial charge in [-0.25, -0.2) is 0 Å². The number of aliphatic hydroxyl groups is 1. The van der Waals surface area contributed by atoms with E-state index in [1.807, 2.05) is 0 Å². The summed E-state index contributed by atoms with van der Waals surface area (Å²) in [6.45, 7) is 5.80. The predicted molar refractivity (Wildman–Crippen MR) is 55.2 cm³/mol. The summed E-state index contributed by atoms with van der Waals surface area (Å²) in [7, 11) is 0. The summed E-state index contributed by atoms with van der Waals surface area (Å²) in [5.74, 6) is 0.908. The van der Waals surface area contributed by atoms with Crippen molar-refractivity contribution in [3.8, 4) is 0 Å². The van der Waals surface area contributed by atoms with Crippen molar-refractivity contribution in [2.45, 2.75) is 38.3 Å². The summed E-state index contributed by atoms with van der Waals surface area (Å²) < 4.78 is 5.28. The molecule has 3 nitrogen and oxygen atoms in total. The highest BCUT2D eigenvalue weighted by Gasteiger charge is 2.33. The van der Waals surface area contributed by atoms with Crippen molar-refractivity contribution in [2.75, 3.05) is 26.3 Å². The summed E-state index contributed by atoms with van der Waals surface area (Å²) in [4.78, 5) is 2.41. The number of piperidine rings is 1. The molecule has 0 radical (unpaired) electrons. The van der Waals surface area contributed by atoms with E-state index in [-0.39, 0.29) is 12.1 Å². The van der Waals surface area contributed by atoms with Gasteiger partial charge in [0.2, 0.25) is 0 Å². The van der Waals surface area contributed by atoms with Crippen LogP contribution in [0, 0.1) is 5.92 Å². The average molecular weight is 199 g/mol. The molecule has 0 aliphatic carbocycles. The van der Waals surface area contributed by atoms with Crippen LogP contribution in [-0.2, 0) is 4.74 Å². The highest BCUT2D eigenvalue weighted by Crippen LogP contribution is 2.24. The van der Waals surface area contributed by atoms with E-state index < -0.39 is 0 Å². The number of hydrogen-bond acceptors (Lipinski definition) is 3. The van der Waals surface area contributed by atoms with Crippen LogP contribution in [0.15, 0.2) is 0 Å². The molecule has 2 atom stereocenters. The third kappa shape index (κ3) is 2.10. The second-order valence-corrected chi connectivity index (χ2v) is 4.56. The molecule has 2 rings (SSSR count). The first-order valence-corrected chi connectivity index (χ1v) is 5.81. The average Bonchev–Trinajstić information content (AvgIpc) is 2.65. The van der Waals surface area contributed by atoms with Crippen molar-refractivity contribution in [1.29, 1.82) is 0 Å². The second kappa shape index (κ2) is 4.60. The molecule has 14 heavy (non-hydrogen) atoms. The number of ether oxygens (including phenoxy) is 1. The summed E-state index contributed by atoms with van der Waals surface area (Å²) in [5.41, 5.74) is 0. The number of likely N-dealkylation sites (tertiary alicyclic amines) is 1. The Labute approximate surface area is 86.0 Å². The van der Waals surface area contributed by atoms with Crippen molar-refractivity contribution in [1.82, 2.24) is 4.90 Å². The van der Waals surface area contributed by atoms with Crippen LogP contribution in [0.5, 0.6) is 0 Å². The highest BCUT2D eigenvalue weighted by molar-refractivity contribution is 4.86. The topological polar surface area (TPSA) is 32.7 Å². The number of hydrogen-bond donors (Lipinski definition) is 1. The quantitative estimate of drug-likeness (QED) is 0.716. The minimum atomic E-state index is -0.256. The van der Waals surface area contributed by atoms with Crippen LogP contribution in [-0.4, -0.2) is 48.5 Å². The van der Waals surface area contributed by atoms with E-state index in [1.165, 1.54) is 19.3 Å². The van der Waals surface area contributed by atoms with Gasteiger partial charge >= 0.3 is 0 Å². The van der Waals surface area contributed by atoms with Crippen LogP contribution >= 0.6 is 0 Å². The fourth-order valence-electron chi connectivity index (χ4n) is 2.57. The molecule has 2 saturated heterocycles. The lowest BCUT2D eigenvalue weighted by Gasteiger charge is -2.36. The zero-order chi connectivity index (χ0) is 9.97. The van der Waals surface area contributed by atoms with E-state index in [4.69, 9.17) is 4.74 Å². The number of aliphatic hydroxyl groups excluding tert-OH is 1. The van der Waals surface area contributed by atoms with Gasteiger partial charge in [0.15, 0.2) is 0 Å². The van der Waals surface area contributed by atoms with Gasteiger partial charge in [0.1, 0.15) is 0 Å². The van der Waals surface area contributed by atoms with Crippen molar-refractivity contribution in [3.05, 3.63) is 0 Å². The first kappa shape index (κ1) is 10.4. The first-order valence-electron chi connectivity index (χ1n) is 5.81. The lowest BCUT2D eigenvalue weighted by Crippen LogP contribution is -2.46. The van der Waals surface area contributed by atoms with E-state index in [0.717, 1.165) is 25.6 Å². The molecule has 0 bridgehead atoms. The van der Waals surface area contributed by atoms with Gasteiger partial charge in [-0.3, -0.25) is 4.90 Å². The molecule has 0 unspecified atom stereocenters. The summed E-state index contributed by atoms with van der Waals surface area (Å²) in [6, 6.07) is 0.271. The Balaban J connectivity index is 1.82. The van der Waals surface area contributed by atoms with Gasteiger partial charge in [0.05, 0.1) is 25.4 Å². The van der Waals surface area contributed by atoms with Crippen molar-refractivity contribution < 1.29 is 9.84 Å². The molecule has 0 aromatic rings. The molecule has 0 aromatic carbocycles. The summed E-state index contributed by atoms with van der Waals surface area (Å²) in [5, 5.41) is 9.70. The van der Waals surface area contributed by atoms with Crippen LogP contribution < -0.4 is 0 Å². The Morgan fingerprint density at radius 1 is 1.29 bits per heavy atom. The predicted octanol–water partition coefficient (Wildman–Crippen LogP) is 0.868. The van der Waals surface area contributed by atoms with Crippen LogP contribution in [0.1, 0.15) is 26.2 Å². The van der Waals surface area contributed by atoms with Crippen LogP contribution in [0.2, 0.25) is 0 Å². The molecular formula is C11H21NO2. The molecule has 82 valence electrons. The highest BCUT2D eigenvalue weighted by atomic mass is 16.5. The van der Waals surface area contributed by atoms with Gasteiger partial charge in [-0.15, -0.1) is 0 Å². The molecule has 2 aliphatic heterocycles. The zero-order valence-corrected chi connectivity index (χ0v) is 8.98. The van der Waals surface area contributed by atoms with Crippen LogP contribution in [0.4, 0.5) is 0 Å². The maximum atomic E-state index is 9.70. The molecule has 0 spiro atoms. The van der Waals surface area contributed by atoms with Crippen LogP contribution in [0.3, 0.4) is 0 Å². The Bertz CT molecular complexity index is 178. The van der Waals surface area contributed by atoms with Crippen LogP contribution in [0.25, 0.3) is 0 Å².